The third-order valence-corrected chi connectivity index (χ3v) is 7.22. The van der Waals surface area contributed by atoms with Crippen LogP contribution in [0.15, 0.2) is 74.0 Å². The Kier molecular flexibility index (Phi) is 6.36. The van der Waals surface area contributed by atoms with Crippen molar-refractivity contribution in [3.8, 4) is 0 Å². The minimum absolute atomic E-state index is 0.0359. The van der Waals surface area contributed by atoms with Gasteiger partial charge in [-0.05, 0) is 79.4 Å². The van der Waals surface area contributed by atoms with E-state index in [2.05, 4.69) is 74.1 Å². The number of pyridine rings is 2. The number of nitrogens with one attached hydrogen (secondary N) is 1. The van der Waals surface area contributed by atoms with Crippen molar-refractivity contribution >= 4 is 39.9 Å². The van der Waals surface area contributed by atoms with Crippen LogP contribution in [0, 0.1) is 6.92 Å². The molecule has 196 valence electrons. The maximum atomic E-state index is 12.1. The first kappa shape index (κ1) is 24.5. The van der Waals surface area contributed by atoms with Crippen LogP contribution >= 0.6 is 0 Å². The van der Waals surface area contributed by atoms with Crippen LogP contribution in [-0.4, -0.2) is 66.0 Å². The average molecular weight is 520 g/mol. The van der Waals surface area contributed by atoms with E-state index in [-0.39, 0.29) is 11.9 Å². The van der Waals surface area contributed by atoms with Gasteiger partial charge < -0.3 is 15.1 Å². The van der Waals surface area contributed by atoms with E-state index >= 15 is 0 Å². The SMILES string of the molecule is C=CC(=O)N1CCN(c2ccc3ncnc(Nc4ccc(Cc5ccn6ncnc6c5)c(C)c4)c3n2)CC1C. The lowest BCUT2D eigenvalue weighted by Gasteiger charge is -2.40. The van der Waals surface area contributed by atoms with Gasteiger partial charge in [0.25, 0.3) is 0 Å². The zero-order valence-electron chi connectivity index (χ0n) is 21.9. The Balaban J connectivity index is 1.22. The third-order valence-electron chi connectivity index (χ3n) is 7.22. The Hall–Kier alpha value is -4.86. The standard InChI is InChI=1S/C29H29N9O/c1-4-27(39)37-12-11-36(16-20(37)3)25-8-7-24-28(35-25)29(32-17-30-24)34-23-6-5-22(19(2)13-23)14-21-9-10-38-26(15-21)31-18-33-38/h4-10,13,15,17-18,20H,1,11-12,14,16H2,2-3H3,(H,30,32,34). The van der Waals surface area contributed by atoms with E-state index < -0.39 is 0 Å². The lowest BCUT2D eigenvalue weighted by Crippen LogP contribution is -2.53. The van der Waals surface area contributed by atoms with Crippen molar-refractivity contribution in [3.05, 3.63) is 90.7 Å². The van der Waals surface area contributed by atoms with Gasteiger partial charge in [0.1, 0.15) is 24.0 Å². The predicted molar refractivity (Wildman–Crippen MR) is 151 cm³/mol. The first-order chi connectivity index (χ1) is 19.0. The van der Waals surface area contributed by atoms with E-state index in [0.717, 1.165) is 29.1 Å². The van der Waals surface area contributed by atoms with Gasteiger partial charge in [-0.25, -0.2) is 24.5 Å². The van der Waals surface area contributed by atoms with Crippen LogP contribution in [0.1, 0.15) is 23.6 Å². The number of anilines is 3. The number of nitrogens with zero attached hydrogens (tertiary/aromatic N) is 8. The smallest absolute Gasteiger partial charge is 0.246 e. The van der Waals surface area contributed by atoms with Gasteiger partial charge in [0.15, 0.2) is 11.5 Å². The fraction of sp³-hybridized carbons (Fsp3) is 0.241. The molecule has 1 atom stereocenters. The van der Waals surface area contributed by atoms with Crippen LogP contribution in [0.4, 0.5) is 17.3 Å². The lowest BCUT2D eigenvalue weighted by atomic mass is 10.0. The molecule has 1 N–H and O–H groups in total. The summed E-state index contributed by atoms with van der Waals surface area (Å²) in [5, 5.41) is 7.62. The Bertz CT molecular complexity index is 1700. The van der Waals surface area contributed by atoms with Crippen molar-refractivity contribution in [3.63, 3.8) is 0 Å². The van der Waals surface area contributed by atoms with Crippen LogP contribution in [-0.2, 0) is 11.2 Å². The van der Waals surface area contributed by atoms with E-state index in [1.807, 2.05) is 30.2 Å². The van der Waals surface area contributed by atoms with Gasteiger partial charge in [-0.1, -0.05) is 12.6 Å². The minimum atomic E-state index is -0.0359. The fourth-order valence-corrected chi connectivity index (χ4v) is 5.10. The van der Waals surface area contributed by atoms with Crippen LogP contribution in [0.2, 0.25) is 0 Å². The number of hydrogen-bond acceptors (Lipinski definition) is 8. The number of piperazine rings is 1. The minimum Gasteiger partial charge on any atom is -0.353 e. The zero-order valence-corrected chi connectivity index (χ0v) is 21.9. The molecule has 1 fully saturated rings. The summed E-state index contributed by atoms with van der Waals surface area (Å²) in [6.45, 7) is 9.80. The molecule has 10 nitrogen and oxygen atoms in total. The molecule has 10 heteroatoms. The van der Waals surface area contributed by atoms with Gasteiger partial charge in [0.2, 0.25) is 5.91 Å². The molecule has 0 bridgehead atoms. The lowest BCUT2D eigenvalue weighted by molar-refractivity contribution is -0.128. The highest BCUT2D eigenvalue weighted by Crippen LogP contribution is 2.27. The number of carbonyl (C=O) groups is 1. The first-order valence-electron chi connectivity index (χ1n) is 12.9. The number of fused-ring (bicyclic) bond motifs is 2. The third kappa shape index (κ3) is 4.88. The molecule has 1 unspecified atom stereocenters. The first-order valence-corrected chi connectivity index (χ1v) is 12.9. The molecular formula is C29H29N9O. The molecule has 1 aliphatic heterocycles. The molecule has 0 saturated carbocycles. The van der Waals surface area contributed by atoms with E-state index in [1.165, 1.54) is 22.8 Å². The van der Waals surface area contributed by atoms with Crippen molar-refractivity contribution in [1.82, 2.24) is 34.4 Å². The topological polar surface area (TPSA) is 104 Å². The zero-order chi connectivity index (χ0) is 26.9. The maximum Gasteiger partial charge on any atom is 0.246 e. The quantitative estimate of drug-likeness (QED) is 0.337. The van der Waals surface area contributed by atoms with Gasteiger partial charge in [0, 0.05) is 37.6 Å². The largest absolute Gasteiger partial charge is 0.353 e. The number of aryl methyl sites for hydroxylation is 1. The number of rotatable bonds is 6. The Morgan fingerprint density at radius 2 is 2.00 bits per heavy atom. The van der Waals surface area contributed by atoms with E-state index in [0.29, 0.717) is 31.0 Å². The van der Waals surface area contributed by atoms with Crippen molar-refractivity contribution in [2.24, 2.45) is 0 Å². The van der Waals surface area contributed by atoms with Gasteiger partial charge in [-0.2, -0.15) is 5.10 Å². The summed E-state index contributed by atoms with van der Waals surface area (Å²) in [7, 11) is 0. The summed E-state index contributed by atoms with van der Waals surface area (Å²) in [5.74, 6) is 1.46. The highest BCUT2D eigenvalue weighted by Gasteiger charge is 2.27. The normalized spacial score (nSPS) is 15.6. The van der Waals surface area contributed by atoms with E-state index in [1.54, 1.807) is 17.2 Å². The number of carbonyl (C=O) groups excluding carboxylic acids is 1. The summed E-state index contributed by atoms with van der Waals surface area (Å²) in [5.41, 5.74) is 6.84. The summed E-state index contributed by atoms with van der Waals surface area (Å²) in [6.07, 6.45) is 7.23. The van der Waals surface area contributed by atoms with Gasteiger partial charge in [0.05, 0.1) is 5.52 Å². The summed E-state index contributed by atoms with van der Waals surface area (Å²) in [4.78, 5) is 34.3. The summed E-state index contributed by atoms with van der Waals surface area (Å²) < 4.78 is 1.76. The molecule has 39 heavy (non-hydrogen) atoms. The molecule has 5 aromatic rings. The van der Waals surface area contributed by atoms with Crippen LogP contribution in [0.5, 0.6) is 0 Å². The van der Waals surface area contributed by atoms with Gasteiger partial charge >= 0.3 is 0 Å². The number of benzene rings is 1. The van der Waals surface area contributed by atoms with Crippen molar-refractivity contribution in [1.29, 1.82) is 0 Å². The second kappa shape index (κ2) is 10.1. The molecule has 0 radical (unpaired) electrons. The molecule has 0 spiro atoms. The van der Waals surface area contributed by atoms with Crippen molar-refractivity contribution in [2.75, 3.05) is 29.9 Å². The van der Waals surface area contributed by atoms with Crippen LogP contribution in [0.25, 0.3) is 16.7 Å². The molecule has 0 aliphatic carbocycles. The Labute approximate surface area is 226 Å². The average Bonchev–Trinajstić information content (AvgIpc) is 3.42. The maximum absolute atomic E-state index is 12.1. The Morgan fingerprint density at radius 3 is 2.82 bits per heavy atom. The molecule has 4 aromatic heterocycles. The Morgan fingerprint density at radius 1 is 1.10 bits per heavy atom. The van der Waals surface area contributed by atoms with Crippen molar-refractivity contribution < 1.29 is 4.79 Å². The van der Waals surface area contributed by atoms with Crippen LogP contribution < -0.4 is 10.2 Å². The van der Waals surface area contributed by atoms with Gasteiger partial charge in [-0.15, -0.1) is 0 Å². The van der Waals surface area contributed by atoms with Gasteiger partial charge in [-0.3, -0.25) is 4.79 Å². The molecule has 1 saturated heterocycles. The van der Waals surface area contributed by atoms with Crippen LogP contribution in [0.3, 0.4) is 0 Å². The predicted octanol–water partition coefficient (Wildman–Crippen LogP) is 3.93. The number of amides is 1. The highest BCUT2D eigenvalue weighted by atomic mass is 16.2. The molecule has 1 aliphatic rings. The van der Waals surface area contributed by atoms with E-state index in [9.17, 15) is 4.79 Å². The monoisotopic (exact) mass is 519 g/mol. The summed E-state index contributed by atoms with van der Waals surface area (Å²) in [6, 6.07) is 14.5. The highest BCUT2D eigenvalue weighted by molar-refractivity contribution is 5.89. The molecule has 1 aromatic carbocycles. The second-order valence-electron chi connectivity index (χ2n) is 9.83. The fourth-order valence-electron chi connectivity index (χ4n) is 5.10. The van der Waals surface area contributed by atoms with E-state index in [4.69, 9.17) is 4.98 Å². The second-order valence-corrected chi connectivity index (χ2v) is 9.83. The number of aromatic nitrogens is 6. The van der Waals surface area contributed by atoms with Crippen molar-refractivity contribution in [2.45, 2.75) is 26.3 Å². The molecule has 1 amide bonds. The molecular weight excluding hydrogens is 490 g/mol. The molecule has 6 rings (SSSR count). The number of hydrogen-bond donors (Lipinski definition) is 1. The summed E-state index contributed by atoms with van der Waals surface area (Å²) >= 11 is 0. The molecule has 5 heterocycles.